The highest BCUT2D eigenvalue weighted by molar-refractivity contribution is 6.32. The van der Waals surface area contributed by atoms with Gasteiger partial charge in [0.25, 0.3) is 5.78 Å². The summed E-state index contributed by atoms with van der Waals surface area (Å²) in [5, 5.41) is 0. The Labute approximate surface area is 73.3 Å². The van der Waals surface area contributed by atoms with Gasteiger partial charge in [-0.1, -0.05) is 0 Å². The van der Waals surface area contributed by atoms with Crippen LogP contribution in [0.25, 0.3) is 0 Å². The summed E-state index contributed by atoms with van der Waals surface area (Å²) in [6.45, 7) is 0. The predicted octanol–water partition coefficient (Wildman–Crippen LogP) is 0.448. The quantitative estimate of drug-likeness (QED) is 0.293. The fraction of sp³-hybridized carbons (Fsp3) is 0.125. The highest BCUT2D eigenvalue weighted by atomic mass is 16.5. The molecule has 68 valence electrons. The number of carbonyl (C=O) groups is 3. The van der Waals surface area contributed by atoms with Gasteiger partial charge in [-0.05, 0) is 12.1 Å². The first-order valence-corrected chi connectivity index (χ1v) is 3.36. The maximum atomic E-state index is 10.8. The second-order valence-corrected chi connectivity index (χ2v) is 2.14. The van der Waals surface area contributed by atoms with Crippen LogP contribution in [-0.4, -0.2) is 25.1 Å². The largest absolute Gasteiger partial charge is 0.463 e. The van der Waals surface area contributed by atoms with Gasteiger partial charge in [-0.25, -0.2) is 4.79 Å². The molecule has 0 bridgehead atoms. The van der Waals surface area contributed by atoms with Crippen molar-refractivity contribution in [2.75, 3.05) is 7.11 Å². The third-order valence-corrected chi connectivity index (χ3v) is 1.34. The number of rotatable bonds is 3. The molecule has 0 fully saturated rings. The van der Waals surface area contributed by atoms with Gasteiger partial charge in [-0.2, -0.15) is 0 Å². The van der Waals surface area contributed by atoms with Crippen molar-refractivity contribution in [3.05, 3.63) is 23.7 Å². The van der Waals surface area contributed by atoms with Gasteiger partial charge in [0.2, 0.25) is 5.76 Å². The van der Waals surface area contributed by atoms with Gasteiger partial charge in [0.05, 0.1) is 7.11 Å². The van der Waals surface area contributed by atoms with Crippen molar-refractivity contribution in [2.45, 2.75) is 0 Å². The van der Waals surface area contributed by atoms with Gasteiger partial charge in [-0.15, -0.1) is 0 Å². The zero-order valence-corrected chi connectivity index (χ0v) is 6.77. The summed E-state index contributed by atoms with van der Waals surface area (Å²) < 4.78 is 9.06. The fourth-order valence-corrected chi connectivity index (χ4v) is 0.739. The Balaban J connectivity index is 2.92. The number of methoxy groups -OCH3 is 1. The van der Waals surface area contributed by atoms with E-state index in [0.717, 1.165) is 0 Å². The number of Topliss-reactive ketones (excluding diaryl/α,β-unsaturated/α-hetero) is 1. The van der Waals surface area contributed by atoms with Gasteiger partial charge in [0, 0.05) is 0 Å². The number of hydrogen-bond donors (Lipinski definition) is 0. The van der Waals surface area contributed by atoms with Crippen molar-refractivity contribution in [2.24, 2.45) is 0 Å². The minimum absolute atomic E-state index is 0.104. The van der Waals surface area contributed by atoms with Crippen LogP contribution in [0.4, 0.5) is 0 Å². The molecule has 0 aliphatic carbocycles. The van der Waals surface area contributed by atoms with E-state index < -0.39 is 11.8 Å². The summed E-state index contributed by atoms with van der Waals surface area (Å²) in [6, 6.07) is 2.51. The van der Waals surface area contributed by atoms with E-state index in [4.69, 9.17) is 4.42 Å². The molecular formula is C8H6O5. The smallest absolute Gasteiger partial charge is 0.373 e. The molecule has 0 saturated carbocycles. The van der Waals surface area contributed by atoms with E-state index in [9.17, 15) is 14.4 Å². The fourth-order valence-electron chi connectivity index (χ4n) is 0.739. The van der Waals surface area contributed by atoms with E-state index in [0.29, 0.717) is 0 Å². The number of hydrogen-bond acceptors (Lipinski definition) is 5. The van der Waals surface area contributed by atoms with Crippen molar-refractivity contribution in [1.82, 2.24) is 0 Å². The van der Waals surface area contributed by atoms with E-state index in [-0.39, 0.29) is 17.8 Å². The number of furan rings is 1. The lowest BCUT2D eigenvalue weighted by molar-refractivity contribution is -0.104. The second-order valence-electron chi connectivity index (χ2n) is 2.14. The Morgan fingerprint density at radius 1 is 1.38 bits per heavy atom. The number of ether oxygens (including phenoxy) is 1. The molecule has 0 aliphatic rings. The van der Waals surface area contributed by atoms with Crippen LogP contribution in [0, 0.1) is 0 Å². The van der Waals surface area contributed by atoms with Gasteiger partial charge in [-0.3, -0.25) is 9.59 Å². The van der Waals surface area contributed by atoms with E-state index >= 15 is 0 Å². The van der Waals surface area contributed by atoms with E-state index in [2.05, 4.69) is 4.74 Å². The summed E-state index contributed by atoms with van der Waals surface area (Å²) in [4.78, 5) is 31.6. The Morgan fingerprint density at radius 3 is 2.54 bits per heavy atom. The van der Waals surface area contributed by atoms with E-state index in [1.54, 1.807) is 0 Å². The first-order valence-electron chi connectivity index (χ1n) is 3.36. The number of aldehydes is 1. The average Bonchev–Trinajstić information content (AvgIpc) is 2.64. The maximum absolute atomic E-state index is 10.8. The van der Waals surface area contributed by atoms with Crippen LogP contribution in [0.3, 0.4) is 0 Å². The van der Waals surface area contributed by atoms with Crippen molar-refractivity contribution >= 4 is 18.0 Å². The van der Waals surface area contributed by atoms with Gasteiger partial charge >= 0.3 is 5.97 Å². The lowest BCUT2D eigenvalue weighted by Crippen LogP contribution is -2.00. The van der Waals surface area contributed by atoms with Crippen LogP contribution in [0.5, 0.6) is 0 Å². The Bertz CT molecular complexity index is 349. The Morgan fingerprint density at radius 2 is 2.00 bits per heavy atom. The molecule has 0 N–H and O–H groups in total. The van der Waals surface area contributed by atoms with Crippen LogP contribution in [-0.2, 0) is 9.53 Å². The van der Waals surface area contributed by atoms with Gasteiger partial charge in [0.1, 0.15) is 0 Å². The van der Waals surface area contributed by atoms with Crippen molar-refractivity contribution in [1.29, 1.82) is 0 Å². The molecule has 0 aliphatic heterocycles. The van der Waals surface area contributed by atoms with Crippen molar-refractivity contribution < 1.29 is 23.5 Å². The van der Waals surface area contributed by atoms with Crippen molar-refractivity contribution in [3.63, 3.8) is 0 Å². The third-order valence-electron chi connectivity index (χ3n) is 1.34. The SMILES string of the molecule is COC(=O)c1ccc(C(=O)C=O)o1. The molecule has 1 heterocycles. The molecule has 5 nitrogen and oxygen atoms in total. The topological polar surface area (TPSA) is 73.6 Å². The standard InChI is InChI=1S/C8H6O5/c1-12-8(11)7-3-2-6(13-7)5(10)4-9/h2-4H,1H3. The molecule has 0 spiro atoms. The summed E-state index contributed by atoms with van der Waals surface area (Å²) in [7, 11) is 1.19. The average molecular weight is 182 g/mol. The van der Waals surface area contributed by atoms with Gasteiger partial charge < -0.3 is 9.15 Å². The van der Waals surface area contributed by atoms with Crippen LogP contribution in [0.2, 0.25) is 0 Å². The zero-order chi connectivity index (χ0) is 9.84. The minimum atomic E-state index is -0.810. The monoisotopic (exact) mass is 182 g/mol. The van der Waals surface area contributed by atoms with Crippen LogP contribution in [0.1, 0.15) is 21.1 Å². The molecule has 1 rings (SSSR count). The summed E-state index contributed by atoms with van der Waals surface area (Å²) in [6.07, 6.45) is 0.111. The number of carbonyl (C=O) groups excluding carboxylic acids is 3. The number of ketones is 1. The second kappa shape index (κ2) is 3.66. The lowest BCUT2D eigenvalue weighted by atomic mass is 10.3. The Kier molecular flexibility index (Phi) is 2.59. The first kappa shape index (κ1) is 9.18. The van der Waals surface area contributed by atoms with Crippen molar-refractivity contribution in [3.8, 4) is 0 Å². The highest BCUT2D eigenvalue weighted by Gasteiger charge is 2.14. The highest BCUT2D eigenvalue weighted by Crippen LogP contribution is 2.08. The third kappa shape index (κ3) is 1.81. The lowest BCUT2D eigenvalue weighted by Gasteiger charge is -1.91. The molecule has 0 atom stereocenters. The molecule has 13 heavy (non-hydrogen) atoms. The van der Waals surface area contributed by atoms with E-state index in [1.165, 1.54) is 19.2 Å². The molecular weight excluding hydrogens is 176 g/mol. The molecule has 0 amide bonds. The molecule has 1 aromatic rings. The normalized spacial score (nSPS) is 9.31. The van der Waals surface area contributed by atoms with Crippen LogP contribution in [0.15, 0.2) is 16.5 Å². The maximum Gasteiger partial charge on any atom is 0.373 e. The molecule has 1 aromatic heterocycles. The predicted molar refractivity (Wildman–Crippen MR) is 40.4 cm³/mol. The number of esters is 1. The first-order chi connectivity index (χ1) is 6.19. The van der Waals surface area contributed by atoms with Crippen LogP contribution >= 0.6 is 0 Å². The van der Waals surface area contributed by atoms with E-state index in [1.807, 2.05) is 0 Å². The molecule has 0 radical (unpaired) electrons. The zero-order valence-electron chi connectivity index (χ0n) is 6.77. The molecule has 0 aromatic carbocycles. The summed E-state index contributed by atoms with van der Waals surface area (Å²) in [5.74, 6) is -1.77. The molecule has 0 unspecified atom stereocenters. The molecule has 0 saturated heterocycles. The van der Waals surface area contributed by atoms with Gasteiger partial charge in [0.15, 0.2) is 12.0 Å². The molecule has 5 heteroatoms. The Hall–Kier alpha value is -1.91. The summed E-state index contributed by atoms with van der Waals surface area (Å²) >= 11 is 0. The minimum Gasteiger partial charge on any atom is -0.463 e. The summed E-state index contributed by atoms with van der Waals surface area (Å²) in [5.41, 5.74) is 0. The van der Waals surface area contributed by atoms with Crippen LogP contribution < -0.4 is 0 Å².